The number of esters is 1. The number of ether oxygens (including phenoxy) is 4. The minimum absolute atomic E-state index is 0.167. The SMILES string of the molecule is CO[C@H]1C(OC(=O)c2ccccc2)[C@@H](C(=O)O)O[C@H]1n1ccc(=O)n(COCc2ccccc2)c1=O. The molecule has 0 saturated carbocycles. The van der Waals surface area contributed by atoms with E-state index < -0.39 is 47.7 Å². The second-order valence-electron chi connectivity index (χ2n) is 7.96. The molecule has 1 aliphatic rings. The highest BCUT2D eigenvalue weighted by Gasteiger charge is 2.52. The topological polar surface area (TPSA) is 135 Å². The number of methoxy groups -OCH3 is 1. The molecule has 2 aromatic carbocycles. The summed E-state index contributed by atoms with van der Waals surface area (Å²) in [6.07, 6.45) is -4.26. The van der Waals surface area contributed by atoms with E-state index in [2.05, 4.69) is 0 Å². The van der Waals surface area contributed by atoms with E-state index in [0.717, 1.165) is 20.8 Å². The molecule has 3 aromatic rings. The Hall–Kier alpha value is -4.06. The van der Waals surface area contributed by atoms with Gasteiger partial charge in [0.15, 0.2) is 18.4 Å². The molecule has 188 valence electrons. The molecule has 0 radical (unpaired) electrons. The molecule has 1 aliphatic heterocycles. The number of carbonyl (C=O) groups is 2. The Balaban J connectivity index is 1.58. The number of carbonyl (C=O) groups excluding carboxylic acids is 1. The van der Waals surface area contributed by atoms with Crippen LogP contribution in [0.1, 0.15) is 22.1 Å². The van der Waals surface area contributed by atoms with Crippen LogP contribution in [-0.2, 0) is 37.1 Å². The van der Waals surface area contributed by atoms with Crippen molar-refractivity contribution in [1.82, 2.24) is 9.13 Å². The first-order chi connectivity index (χ1) is 17.4. The first-order valence-corrected chi connectivity index (χ1v) is 11.0. The van der Waals surface area contributed by atoms with E-state index in [1.807, 2.05) is 30.3 Å². The van der Waals surface area contributed by atoms with E-state index in [1.54, 1.807) is 18.2 Å². The molecular formula is C25H24N2O9. The zero-order valence-electron chi connectivity index (χ0n) is 19.3. The summed E-state index contributed by atoms with van der Waals surface area (Å²) >= 11 is 0. The smallest absolute Gasteiger partial charge is 0.338 e. The van der Waals surface area contributed by atoms with Crippen molar-refractivity contribution in [2.45, 2.75) is 37.9 Å². The third-order valence-corrected chi connectivity index (χ3v) is 5.66. The molecule has 1 saturated heterocycles. The van der Waals surface area contributed by atoms with E-state index >= 15 is 0 Å². The Kier molecular flexibility index (Phi) is 7.74. The monoisotopic (exact) mass is 496 g/mol. The summed E-state index contributed by atoms with van der Waals surface area (Å²) in [7, 11) is 1.28. The molecule has 2 heterocycles. The molecule has 4 rings (SSSR count). The van der Waals surface area contributed by atoms with Crippen LogP contribution < -0.4 is 11.2 Å². The highest BCUT2D eigenvalue weighted by atomic mass is 16.6. The van der Waals surface area contributed by atoms with Crippen molar-refractivity contribution < 1.29 is 33.6 Å². The lowest BCUT2D eigenvalue weighted by Gasteiger charge is -2.23. The fraction of sp³-hybridized carbons (Fsp3) is 0.280. The molecule has 0 bridgehead atoms. The molecular weight excluding hydrogens is 472 g/mol. The summed E-state index contributed by atoms with van der Waals surface area (Å²) in [4.78, 5) is 50.1. The lowest BCUT2D eigenvalue weighted by Crippen LogP contribution is -2.44. The Morgan fingerprint density at radius 2 is 1.64 bits per heavy atom. The van der Waals surface area contributed by atoms with Crippen LogP contribution in [0.3, 0.4) is 0 Å². The minimum Gasteiger partial charge on any atom is -0.479 e. The molecule has 1 fully saturated rings. The predicted molar refractivity (Wildman–Crippen MR) is 124 cm³/mol. The number of nitrogens with zero attached hydrogens (tertiary/aromatic N) is 2. The molecule has 11 heteroatoms. The van der Waals surface area contributed by atoms with Gasteiger partial charge < -0.3 is 24.1 Å². The second-order valence-corrected chi connectivity index (χ2v) is 7.96. The third-order valence-electron chi connectivity index (χ3n) is 5.66. The minimum atomic E-state index is -1.62. The number of carboxylic acid groups (broad SMARTS) is 1. The molecule has 1 unspecified atom stereocenters. The van der Waals surface area contributed by atoms with Gasteiger partial charge in [0, 0.05) is 19.4 Å². The quantitative estimate of drug-likeness (QED) is 0.436. The molecule has 1 aromatic heterocycles. The van der Waals surface area contributed by atoms with Crippen molar-refractivity contribution in [2.24, 2.45) is 0 Å². The zero-order chi connectivity index (χ0) is 25.7. The number of aliphatic carboxylic acids is 1. The number of benzene rings is 2. The standard InChI is InChI=1S/C25H24N2O9/c1-33-20-19(36-24(31)17-10-6-3-7-11-17)21(23(29)30)35-22(20)26-13-12-18(28)27(25(26)32)15-34-14-16-8-4-2-5-9-16/h2-13,19-22H,14-15H2,1H3,(H,29,30)/t19?,20-,21-,22+/m0/s1. The van der Waals surface area contributed by atoms with Crippen molar-refractivity contribution in [3.8, 4) is 0 Å². The molecule has 11 nitrogen and oxygen atoms in total. The molecule has 0 spiro atoms. The van der Waals surface area contributed by atoms with Crippen LogP contribution >= 0.6 is 0 Å². The number of aromatic nitrogens is 2. The third kappa shape index (κ3) is 5.28. The summed E-state index contributed by atoms with van der Waals surface area (Å²) in [6.45, 7) is -0.173. The van der Waals surface area contributed by atoms with E-state index in [9.17, 15) is 24.3 Å². The fourth-order valence-corrected chi connectivity index (χ4v) is 3.88. The Morgan fingerprint density at radius 1 is 0.972 bits per heavy atom. The first kappa shape index (κ1) is 25.0. The summed E-state index contributed by atoms with van der Waals surface area (Å²) < 4.78 is 23.9. The summed E-state index contributed by atoms with van der Waals surface area (Å²) in [5.41, 5.74) is -0.353. The van der Waals surface area contributed by atoms with Gasteiger partial charge in [-0.15, -0.1) is 0 Å². The van der Waals surface area contributed by atoms with Crippen LogP contribution in [-0.4, -0.2) is 51.6 Å². The van der Waals surface area contributed by atoms with Crippen molar-refractivity contribution >= 4 is 11.9 Å². The van der Waals surface area contributed by atoms with Crippen molar-refractivity contribution in [1.29, 1.82) is 0 Å². The Morgan fingerprint density at radius 3 is 2.28 bits per heavy atom. The largest absolute Gasteiger partial charge is 0.479 e. The molecule has 4 atom stereocenters. The Bertz CT molecular complexity index is 1320. The van der Waals surface area contributed by atoms with Crippen molar-refractivity contribution in [2.75, 3.05) is 7.11 Å². The average Bonchev–Trinajstić information content (AvgIpc) is 3.25. The molecule has 1 N–H and O–H groups in total. The van der Waals surface area contributed by atoms with Crippen LogP contribution in [0, 0.1) is 0 Å². The van der Waals surface area contributed by atoms with Gasteiger partial charge >= 0.3 is 17.6 Å². The molecule has 0 aliphatic carbocycles. The van der Waals surface area contributed by atoms with Gasteiger partial charge in [-0.25, -0.2) is 19.0 Å². The van der Waals surface area contributed by atoms with E-state index in [0.29, 0.717) is 0 Å². The van der Waals surface area contributed by atoms with Crippen molar-refractivity contribution in [3.05, 3.63) is 105 Å². The number of rotatable bonds is 9. The highest BCUT2D eigenvalue weighted by molar-refractivity contribution is 5.89. The van der Waals surface area contributed by atoms with Gasteiger partial charge in [-0.1, -0.05) is 48.5 Å². The Labute approximate surface area is 205 Å². The predicted octanol–water partition coefficient (Wildman–Crippen LogP) is 1.41. The van der Waals surface area contributed by atoms with E-state index in [-0.39, 0.29) is 18.9 Å². The van der Waals surface area contributed by atoms with Gasteiger partial charge in [0.05, 0.1) is 12.2 Å². The highest BCUT2D eigenvalue weighted by Crippen LogP contribution is 2.33. The van der Waals surface area contributed by atoms with Gasteiger partial charge in [0.2, 0.25) is 0 Å². The number of hydrogen-bond donors (Lipinski definition) is 1. The van der Waals surface area contributed by atoms with Gasteiger partial charge in [0.25, 0.3) is 5.56 Å². The normalized spacial score (nSPS) is 21.2. The van der Waals surface area contributed by atoms with Crippen LogP contribution in [0.15, 0.2) is 82.5 Å². The van der Waals surface area contributed by atoms with E-state index in [1.165, 1.54) is 25.4 Å². The summed E-state index contributed by atoms with van der Waals surface area (Å²) in [6, 6.07) is 18.3. The maximum absolute atomic E-state index is 13.2. The average molecular weight is 496 g/mol. The lowest BCUT2D eigenvalue weighted by molar-refractivity contribution is -0.155. The number of hydrogen-bond acceptors (Lipinski definition) is 8. The summed E-state index contributed by atoms with van der Waals surface area (Å²) in [5.74, 6) is -2.18. The lowest BCUT2D eigenvalue weighted by atomic mass is 10.1. The number of carboxylic acids is 1. The van der Waals surface area contributed by atoms with Gasteiger partial charge in [-0.05, 0) is 17.7 Å². The van der Waals surface area contributed by atoms with Crippen LogP contribution in [0.25, 0.3) is 0 Å². The molecule has 36 heavy (non-hydrogen) atoms. The van der Waals surface area contributed by atoms with E-state index in [4.69, 9.17) is 18.9 Å². The molecule has 0 amide bonds. The van der Waals surface area contributed by atoms with Gasteiger partial charge in [-0.3, -0.25) is 9.36 Å². The second kappa shape index (κ2) is 11.1. The van der Waals surface area contributed by atoms with Crippen LogP contribution in [0.5, 0.6) is 0 Å². The maximum Gasteiger partial charge on any atom is 0.338 e. The summed E-state index contributed by atoms with van der Waals surface area (Å²) in [5, 5.41) is 9.70. The fourth-order valence-electron chi connectivity index (χ4n) is 3.88. The first-order valence-electron chi connectivity index (χ1n) is 11.0. The van der Waals surface area contributed by atoms with Crippen LogP contribution in [0.2, 0.25) is 0 Å². The zero-order valence-corrected chi connectivity index (χ0v) is 19.3. The van der Waals surface area contributed by atoms with Crippen molar-refractivity contribution in [3.63, 3.8) is 0 Å². The van der Waals surface area contributed by atoms with Gasteiger partial charge in [-0.2, -0.15) is 0 Å². The maximum atomic E-state index is 13.2. The van der Waals surface area contributed by atoms with Gasteiger partial charge in [0.1, 0.15) is 12.8 Å². The van der Waals surface area contributed by atoms with Crippen LogP contribution in [0.4, 0.5) is 0 Å².